The van der Waals surface area contributed by atoms with Crippen molar-refractivity contribution in [1.82, 2.24) is 0 Å². The van der Waals surface area contributed by atoms with E-state index >= 15 is 0 Å². The fourth-order valence-electron chi connectivity index (χ4n) is 2.84. The van der Waals surface area contributed by atoms with Crippen molar-refractivity contribution in [3.8, 4) is 0 Å². The second kappa shape index (κ2) is 2.99. The number of carboxylic acids is 1. The van der Waals surface area contributed by atoms with Gasteiger partial charge < -0.3 is 10.4 Å². The summed E-state index contributed by atoms with van der Waals surface area (Å²) in [6.07, 6.45) is 3.72. The molecule has 1 heterocycles. The number of anilines is 1. The van der Waals surface area contributed by atoms with Gasteiger partial charge in [0, 0.05) is 17.6 Å². The van der Waals surface area contributed by atoms with Gasteiger partial charge in [0.25, 0.3) is 0 Å². The molecule has 1 aliphatic heterocycles. The first-order chi connectivity index (χ1) is 7.25. The molecule has 15 heavy (non-hydrogen) atoms. The lowest BCUT2D eigenvalue weighted by atomic mass is 9.97. The summed E-state index contributed by atoms with van der Waals surface area (Å²) in [5.41, 5.74) is 2.72. The molecular formula is C12H13NO2. The van der Waals surface area contributed by atoms with E-state index in [1.807, 2.05) is 6.07 Å². The van der Waals surface area contributed by atoms with Gasteiger partial charge in [-0.05, 0) is 30.5 Å². The normalized spacial score (nSPS) is 26.9. The third-order valence-corrected chi connectivity index (χ3v) is 3.56. The number of hydrogen-bond acceptors (Lipinski definition) is 2. The highest BCUT2D eigenvalue weighted by Crippen LogP contribution is 2.45. The molecule has 1 aromatic rings. The number of fused-ring (bicyclic) bond motifs is 3. The lowest BCUT2D eigenvalue weighted by Gasteiger charge is -2.07. The van der Waals surface area contributed by atoms with Crippen molar-refractivity contribution in [2.24, 2.45) is 0 Å². The van der Waals surface area contributed by atoms with E-state index in [1.54, 1.807) is 12.1 Å². The van der Waals surface area contributed by atoms with Crippen LogP contribution in [-0.2, 0) is 0 Å². The molecule has 1 aliphatic carbocycles. The van der Waals surface area contributed by atoms with Crippen LogP contribution in [0.3, 0.4) is 0 Å². The minimum atomic E-state index is -0.850. The lowest BCUT2D eigenvalue weighted by molar-refractivity contribution is 0.0697. The van der Waals surface area contributed by atoms with Crippen LogP contribution in [-0.4, -0.2) is 17.1 Å². The standard InChI is InChI=1S/C12H13NO2/c14-12(15)7-4-5-9-8-2-1-3-10(8)13-11(9)6-7/h4-6,8,10,13H,1-3H2,(H,14,15). The number of nitrogens with one attached hydrogen (secondary N) is 1. The van der Waals surface area contributed by atoms with Crippen LogP contribution in [0.1, 0.15) is 41.1 Å². The molecule has 0 radical (unpaired) electrons. The van der Waals surface area contributed by atoms with E-state index in [4.69, 9.17) is 5.11 Å². The van der Waals surface area contributed by atoms with E-state index < -0.39 is 5.97 Å². The highest BCUT2D eigenvalue weighted by atomic mass is 16.4. The van der Waals surface area contributed by atoms with Crippen molar-refractivity contribution in [3.63, 3.8) is 0 Å². The van der Waals surface area contributed by atoms with Crippen LogP contribution >= 0.6 is 0 Å². The third-order valence-electron chi connectivity index (χ3n) is 3.56. The number of hydrogen-bond donors (Lipinski definition) is 2. The van der Waals surface area contributed by atoms with Crippen LogP contribution in [0.2, 0.25) is 0 Å². The molecular weight excluding hydrogens is 190 g/mol. The van der Waals surface area contributed by atoms with E-state index in [2.05, 4.69) is 5.32 Å². The van der Waals surface area contributed by atoms with Gasteiger partial charge in [-0.25, -0.2) is 4.79 Å². The SMILES string of the molecule is O=C(O)c1ccc2c(c1)NC1CCCC21. The average Bonchev–Trinajstić information content (AvgIpc) is 2.75. The van der Waals surface area contributed by atoms with Crippen molar-refractivity contribution in [1.29, 1.82) is 0 Å². The van der Waals surface area contributed by atoms with Gasteiger partial charge in [-0.3, -0.25) is 0 Å². The Labute approximate surface area is 88.1 Å². The smallest absolute Gasteiger partial charge is 0.335 e. The Hall–Kier alpha value is -1.51. The summed E-state index contributed by atoms with van der Waals surface area (Å²) in [5, 5.41) is 12.3. The number of benzene rings is 1. The fraction of sp³-hybridized carbons (Fsp3) is 0.417. The molecule has 0 aromatic heterocycles. The van der Waals surface area contributed by atoms with E-state index in [9.17, 15) is 4.79 Å². The first-order valence-electron chi connectivity index (χ1n) is 5.39. The van der Waals surface area contributed by atoms with Gasteiger partial charge in [-0.15, -0.1) is 0 Å². The Bertz CT molecular complexity index is 428. The molecule has 1 fully saturated rings. The molecule has 2 atom stereocenters. The zero-order chi connectivity index (χ0) is 10.4. The summed E-state index contributed by atoms with van der Waals surface area (Å²) in [4.78, 5) is 10.8. The fourth-order valence-corrected chi connectivity index (χ4v) is 2.84. The van der Waals surface area contributed by atoms with Gasteiger partial charge in [0.1, 0.15) is 0 Å². The number of carboxylic acid groups (broad SMARTS) is 1. The van der Waals surface area contributed by atoms with Crippen LogP contribution in [0.15, 0.2) is 18.2 Å². The molecule has 0 saturated heterocycles. The number of aromatic carboxylic acids is 1. The van der Waals surface area contributed by atoms with Crippen LogP contribution in [0.4, 0.5) is 5.69 Å². The third kappa shape index (κ3) is 1.23. The van der Waals surface area contributed by atoms with Crippen molar-refractivity contribution < 1.29 is 9.90 Å². The molecule has 2 N–H and O–H groups in total. The highest BCUT2D eigenvalue weighted by Gasteiger charge is 2.35. The zero-order valence-corrected chi connectivity index (χ0v) is 8.36. The maximum Gasteiger partial charge on any atom is 0.335 e. The average molecular weight is 203 g/mol. The molecule has 1 saturated carbocycles. The van der Waals surface area contributed by atoms with Crippen LogP contribution in [0.5, 0.6) is 0 Å². The first-order valence-corrected chi connectivity index (χ1v) is 5.39. The van der Waals surface area contributed by atoms with E-state index in [0.717, 1.165) is 5.69 Å². The number of rotatable bonds is 1. The Morgan fingerprint density at radius 1 is 1.40 bits per heavy atom. The van der Waals surface area contributed by atoms with Crippen molar-refractivity contribution >= 4 is 11.7 Å². The Kier molecular flexibility index (Phi) is 1.75. The second-order valence-corrected chi connectivity index (χ2v) is 4.40. The van der Waals surface area contributed by atoms with Crippen molar-refractivity contribution in [2.75, 3.05) is 5.32 Å². The summed E-state index contributed by atoms with van der Waals surface area (Å²) in [5.74, 6) is -0.237. The van der Waals surface area contributed by atoms with Gasteiger partial charge in [0.15, 0.2) is 0 Å². The molecule has 0 amide bonds. The Morgan fingerprint density at radius 2 is 2.27 bits per heavy atom. The molecule has 3 nitrogen and oxygen atoms in total. The van der Waals surface area contributed by atoms with Gasteiger partial charge in [-0.2, -0.15) is 0 Å². The van der Waals surface area contributed by atoms with Crippen LogP contribution < -0.4 is 5.32 Å². The minimum absolute atomic E-state index is 0.376. The molecule has 1 aromatic carbocycles. The summed E-state index contributed by atoms with van der Waals surface area (Å²) in [7, 11) is 0. The Balaban J connectivity index is 2.03. The minimum Gasteiger partial charge on any atom is -0.478 e. The van der Waals surface area contributed by atoms with Crippen LogP contribution in [0, 0.1) is 0 Å². The topological polar surface area (TPSA) is 49.3 Å². The van der Waals surface area contributed by atoms with E-state index in [0.29, 0.717) is 17.5 Å². The maximum absolute atomic E-state index is 10.8. The summed E-state index contributed by atoms with van der Waals surface area (Å²) in [6, 6.07) is 5.99. The van der Waals surface area contributed by atoms with Crippen molar-refractivity contribution in [2.45, 2.75) is 31.2 Å². The quantitative estimate of drug-likeness (QED) is 0.737. The first kappa shape index (κ1) is 8.77. The molecule has 78 valence electrons. The van der Waals surface area contributed by atoms with Crippen LogP contribution in [0.25, 0.3) is 0 Å². The van der Waals surface area contributed by atoms with E-state index in [1.165, 1.54) is 24.8 Å². The second-order valence-electron chi connectivity index (χ2n) is 4.40. The zero-order valence-electron chi connectivity index (χ0n) is 8.36. The number of carbonyl (C=O) groups is 1. The lowest BCUT2D eigenvalue weighted by Crippen LogP contribution is -2.13. The molecule has 0 bridgehead atoms. The van der Waals surface area contributed by atoms with E-state index in [-0.39, 0.29) is 0 Å². The van der Waals surface area contributed by atoms with Crippen molar-refractivity contribution in [3.05, 3.63) is 29.3 Å². The van der Waals surface area contributed by atoms with Gasteiger partial charge in [0.2, 0.25) is 0 Å². The van der Waals surface area contributed by atoms with Gasteiger partial charge in [0.05, 0.1) is 5.56 Å². The summed E-state index contributed by atoms with van der Waals surface area (Å²) < 4.78 is 0. The van der Waals surface area contributed by atoms with Gasteiger partial charge in [-0.1, -0.05) is 12.5 Å². The largest absolute Gasteiger partial charge is 0.478 e. The monoisotopic (exact) mass is 203 g/mol. The molecule has 2 aliphatic rings. The predicted molar refractivity (Wildman–Crippen MR) is 57.4 cm³/mol. The molecule has 0 spiro atoms. The summed E-state index contributed by atoms with van der Waals surface area (Å²) >= 11 is 0. The molecule has 3 rings (SSSR count). The predicted octanol–water partition coefficient (Wildman–Crippen LogP) is 2.45. The highest BCUT2D eigenvalue weighted by molar-refractivity contribution is 5.89. The molecule has 2 unspecified atom stereocenters. The Morgan fingerprint density at radius 3 is 3.07 bits per heavy atom. The molecule has 3 heteroatoms. The summed E-state index contributed by atoms with van der Waals surface area (Å²) in [6.45, 7) is 0. The van der Waals surface area contributed by atoms with Gasteiger partial charge >= 0.3 is 5.97 Å². The maximum atomic E-state index is 10.8.